The molecule has 0 fully saturated rings. The lowest BCUT2D eigenvalue weighted by atomic mass is 9.95. The van der Waals surface area contributed by atoms with E-state index >= 15 is 0 Å². The van der Waals surface area contributed by atoms with Crippen LogP contribution >= 0.6 is 0 Å². The topological polar surface area (TPSA) is 76.0 Å². The van der Waals surface area contributed by atoms with Crippen LogP contribution < -0.4 is 0 Å². The molecule has 0 spiro atoms. The quantitative estimate of drug-likeness (QED) is 0.393. The van der Waals surface area contributed by atoms with Crippen molar-refractivity contribution in [3.63, 3.8) is 0 Å². The highest BCUT2D eigenvalue weighted by Gasteiger charge is 2.32. The molecule has 3 atom stereocenters. The van der Waals surface area contributed by atoms with Gasteiger partial charge in [0.15, 0.2) is 0 Å². The molecule has 0 amide bonds. The second-order valence-corrected chi connectivity index (χ2v) is 4.78. The standard InChI is InChI=1S/C16H22O5/c1-3-7-14(17)15(16(18)19)12(2)21-11-20-10-13-8-5-4-6-9-13/h3-6,8-9,12,14-15,17H,1,7,10-11H2,2H3,(H,18,19)/t12-,14+,15-/m1/s1. The first-order chi connectivity index (χ1) is 10.1. The second kappa shape index (κ2) is 9.28. The van der Waals surface area contributed by atoms with Gasteiger partial charge in [0.1, 0.15) is 12.7 Å². The summed E-state index contributed by atoms with van der Waals surface area (Å²) in [5, 5.41) is 19.0. The van der Waals surface area contributed by atoms with Crippen LogP contribution in [-0.4, -0.2) is 35.2 Å². The lowest BCUT2D eigenvalue weighted by Gasteiger charge is -2.24. The summed E-state index contributed by atoms with van der Waals surface area (Å²) in [5.41, 5.74) is 1.01. The fourth-order valence-corrected chi connectivity index (χ4v) is 1.99. The van der Waals surface area contributed by atoms with Crippen molar-refractivity contribution in [2.75, 3.05) is 6.79 Å². The van der Waals surface area contributed by atoms with E-state index < -0.39 is 24.1 Å². The minimum Gasteiger partial charge on any atom is -0.481 e. The third-order valence-electron chi connectivity index (χ3n) is 3.14. The summed E-state index contributed by atoms with van der Waals surface area (Å²) in [6.07, 6.45) is 0.00624. The van der Waals surface area contributed by atoms with Crippen molar-refractivity contribution in [1.29, 1.82) is 0 Å². The van der Waals surface area contributed by atoms with E-state index in [4.69, 9.17) is 14.6 Å². The number of aliphatic carboxylic acids is 1. The van der Waals surface area contributed by atoms with Crippen molar-refractivity contribution in [2.45, 2.75) is 32.2 Å². The average molecular weight is 294 g/mol. The largest absolute Gasteiger partial charge is 0.481 e. The molecule has 0 saturated carbocycles. The Balaban J connectivity index is 2.38. The highest BCUT2D eigenvalue weighted by Crippen LogP contribution is 2.16. The number of carboxylic acids is 1. The van der Waals surface area contributed by atoms with Crippen molar-refractivity contribution in [3.05, 3.63) is 48.6 Å². The fourth-order valence-electron chi connectivity index (χ4n) is 1.99. The smallest absolute Gasteiger partial charge is 0.311 e. The van der Waals surface area contributed by atoms with Gasteiger partial charge < -0.3 is 19.7 Å². The van der Waals surface area contributed by atoms with Crippen molar-refractivity contribution in [3.8, 4) is 0 Å². The van der Waals surface area contributed by atoms with E-state index in [-0.39, 0.29) is 13.2 Å². The third kappa shape index (κ3) is 6.08. The minimum absolute atomic E-state index is 0.0271. The van der Waals surface area contributed by atoms with Gasteiger partial charge in [-0.05, 0) is 18.9 Å². The Morgan fingerprint density at radius 2 is 2.05 bits per heavy atom. The van der Waals surface area contributed by atoms with Gasteiger partial charge in [-0.25, -0.2) is 0 Å². The molecule has 21 heavy (non-hydrogen) atoms. The molecule has 5 heteroatoms. The van der Waals surface area contributed by atoms with Gasteiger partial charge in [-0.1, -0.05) is 36.4 Å². The molecule has 0 aliphatic carbocycles. The first kappa shape index (κ1) is 17.4. The maximum Gasteiger partial charge on any atom is 0.311 e. The summed E-state index contributed by atoms with van der Waals surface area (Å²) < 4.78 is 10.7. The Bertz CT molecular complexity index is 432. The van der Waals surface area contributed by atoms with Crippen LogP contribution in [-0.2, 0) is 20.9 Å². The summed E-state index contributed by atoms with van der Waals surface area (Å²) in [4.78, 5) is 11.2. The van der Waals surface area contributed by atoms with Crippen LogP contribution in [0.1, 0.15) is 18.9 Å². The minimum atomic E-state index is -1.10. The molecule has 1 aromatic rings. The molecule has 0 radical (unpaired) electrons. The zero-order valence-corrected chi connectivity index (χ0v) is 12.1. The van der Waals surface area contributed by atoms with Crippen molar-refractivity contribution < 1.29 is 24.5 Å². The van der Waals surface area contributed by atoms with Gasteiger partial charge in [-0.3, -0.25) is 4.79 Å². The number of aliphatic hydroxyl groups excluding tert-OH is 1. The van der Waals surface area contributed by atoms with Crippen LogP contribution in [0.3, 0.4) is 0 Å². The number of rotatable bonds is 10. The van der Waals surface area contributed by atoms with Crippen molar-refractivity contribution in [2.24, 2.45) is 5.92 Å². The monoisotopic (exact) mass is 294 g/mol. The van der Waals surface area contributed by atoms with Gasteiger partial charge >= 0.3 is 5.97 Å². The molecule has 0 aromatic heterocycles. The van der Waals surface area contributed by atoms with E-state index in [0.717, 1.165) is 5.56 Å². The van der Waals surface area contributed by atoms with Gasteiger partial charge in [-0.2, -0.15) is 0 Å². The lowest BCUT2D eigenvalue weighted by molar-refractivity contribution is -0.162. The van der Waals surface area contributed by atoms with Crippen LogP contribution in [0.4, 0.5) is 0 Å². The maximum absolute atomic E-state index is 11.2. The molecule has 0 heterocycles. The Morgan fingerprint density at radius 3 is 2.62 bits per heavy atom. The first-order valence-corrected chi connectivity index (χ1v) is 6.81. The molecule has 0 bridgehead atoms. The zero-order valence-electron chi connectivity index (χ0n) is 12.1. The van der Waals surface area contributed by atoms with Crippen LogP contribution in [0.15, 0.2) is 43.0 Å². The van der Waals surface area contributed by atoms with E-state index in [1.165, 1.54) is 6.08 Å². The lowest BCUT2D eigenvalue weighted by Crippen LogP contribution is -2.38. The van der Waals surface area contributed by atoms with Gasteiger partial charge in [-0.15, -0.1) is 6.58 Å². The second-order valence-electron chi connectivity index (χ2n) is 4.78. The summed E-state index contributed by atoms with van der Waals surface area (Å²) in [6, 6.07) is 9.59. The fraction of sp³-hybridized carbons (Fsp3) is 0.438. The van der Waals surface area contributed by atoms with E-state index in [0.29, 0.717) is 6.61 Å². The van der Waals surface area contributed by atoms with E-state index in [9.17, 15) is 9.90 Å². The SMILES string of the molecule is C=CC[C@H](O)[C@H](C(=O)O)[C@@H](C)OCOCc1ccccc1. The van der Waals surface area contributed by atoms with Crippen LogP contribution in [0, 0.1) is 5.92 Å². The molecule has 5 nitrogen and oxygen atoms in total. The van der Waals surface area contributed by atoms with Crippen LogP contribution in [0.25, 0.3) is 0 Å². The van der Waals surface area contributed by atoms with E-state index in [1.807, 2.05) is 30.3 Å². The highest BCUT2D eigenvalue weighted by atomic mass is 16.7. The summed E-state index contributed by atoms with van der Waals surface area (Å²) >= 11 is 0. The summed E-state index contributed by atoms with van der Waals surface area (Å²) in [5.74, 6) is -2.11. The zero-order chi connectivity index (χ0) is 15.7. The van der Waals surface area contributed by atoms with Crippen LogP contribution in [0.5, 0.6) is 0 Å². The summed E-state index contributed by atoms with van der Waals surface area (Å²) in [6.45, 7) is 5.46. The van der Waals surface area contributed by atoms with Crippen molar-refractivity contribution in [1.82, 2.24) is 0 Å². The number of hydrogen-bond acceptors (Lipinski definition) is 4. The number of hydrogen-bond donors (Lipinski definition) is 2. The van der Waals surface area contributed by atoms with Gasteiger partial charge in [0.25, 0.3) is 0 Å². The van der Waals surface area contributed by atoms with Gasteiger partial charge in [0, 0.05) is 0 Å². The van der Waals surface area contributed by atoms with E-state index in [2.05, 4.69) is 6.58 Å². The molecule has 2 N–H and O–H groups in total. The van der Waals surface area contributed by atoms with Gasteiger partial charge in [0.05, 0.1) is 18.8 Å². The van der Waals surface area contributed by atoms with E-state index in [1.54, 1.807) is 6.92 Å². The molecular formula is C16H22O5. The normalized spacial score (nSPS) is 15.1. The Labute approximate surface area is 124 Å². The number of carbonyl (C=O) groups is 1. The highest BCUT2D eigenvalue weighted by molar-refractivity contribution is 5.71. The molecule has 1 aromatic carbocycles. The van der Waals surface area contributed by atoms with Crippen molar-refractivity contribution >= 4 is 5.97 Å². The third-order valence-corrected chi connectivity index (χ3v) is 3.14. The Hall–Kier alpha value is -1.69. The number of benzene rings is 1. The molecule has 0 saturated heterocycles. The predicted molar refractivity (Wildman–Crippen MR) is 78.6 cm³/mol. The molecular weight excluding hydrogens is 272 g/mol. The van der Waals surface area contributed by atoms with Crippen LogP contribution in [0.2, 0.25) is 0 Å². The first-order valence-electron chi connectivity index (χ1n) is 6.81. The average Bonchev–Trinajstić information content (AvgIpc) is 2.45. The molecule has 0 unspecified atom stereocenters. The number of ether oxygens (including phenoxy) is 2. The molecule has 116 valence electrons. The molecule has 0 aliphatic heterocycles. The maximum atomic E-state index is 11.2. The predicted octanol–water partition coefficient (Wildman–Crippen LogP) is 2.20. The Morgan fingerprint density at radius 1 is 1.38 bits per heavy atom. The molecule has 1 rings (SSSR count). The molecule has 0 aliphatic rings. The summed E-state index contributed by atoms with van der Waals surface area (Å²) in [7, 11) is 0. The number of carboxylic acid groups (broad SMARTS) is 1. The van der Waals surface area contributed by atoms with Gasteiger partial charge in [0.2, 0.25) is 0 Å². The Kier molecular flexibility index (Phi) is 7.68. The number of aliphatic hydroxyl groups is 1.